The molecule has 0 bridgehead atoms. The first kappa shape index (κ1) is 13.8. The fourth-order valence-corrected chi connectivity index (χ4v) is 2.46. The number of fused-ring (bicyclic) bond motifs is 1. The lowest BCUT2D eigenvalue weighted by atomic mass is 10.2. The molecule has 1 unspecified atom stereocenters. The van der Waals surface area contributed by atoms with E-state index in [2.05, 4.69) is 5.32 Å². The third kappa shape index (κ3) is 3.24. The van der Waals surface area contributed by atoms with Crippen molar-refractivity contribution in [3.8, 4) is 0 Å². The molecule has 0 radical (unpaired) electrons. The van der Waals surface area contributed by atoms with Gasteiger partial charge in [0.1, 0.15) is 11.9 Å². The number of aliphatic hydroxyl groups is 1. The zero-order valence-corrected chi connectivity index (χ0v) is 10.4. The summed E-state index contributed by atoms with van der Waals surface area (Å²) in [5, 5.41) is 11.7. The second kappa shape index (κ2) is 5.58. The van der Waals surface area contributed by atoms with Gasteiger partial charge in [0.05, 0.1) is 4.88 Å². The van der Waals surface area contributed by atoms with Crippen LogP contribution < -0.4 is 5.32 Å². The maximum atomic E-state index is 13.0. The molecule has 0 aliphatic rings. The quantitative estimate of drug-likeness (QED) is 0.908. The Balaban J connectivity index is 2.09. The van der Waals surface area contributed by atoms with Gasteiger partial charge in [0.2, 0.25) is 0 Å². The molecule has 0 saturated carbocycles. The lowest BCUT2D eigenvalue weighted by molar-refractivity contribution is -0.00268. The van der Waals surface area contributed by atoms with E-state index in [1.165, 1.54) is 18.2 Å². The van der Waals surface area contributed by atoms with Crippen LogP contribution in [-0.4, -0.2) is 30.1 Å². The average Bonchev–Trinajstić information content (AvgIpc) is 2.78. The summed E-state index contributed by atoms with van der Waals surface area (Å²) < 4.78 is 37.8. The van der Waals surface area contributed by atoms with E-state index in [-0.39, 0.29) is 4.88 Å². The van der Waals surface area contributed by atoms with Crippen molar-refractivity contribution in [3.63, 3.8) is 0 Å². The highest BCUT2D eigenvalue weighted by Crippen LogP contribution is 2.26. The molecule has 1 aromatic heterocycles. The van der Waals surface area contributed by atoms with Gasteiger partial charge >= 0.3 is 0 Å². The summed E-state index contributed by atoms with van der Waals surface area (Å²) >= 11 is 1.13. The van der Waals surface area contributed by atoms with Gasteiger partial charge in [0.25, 0.3) is 12.3 Å². The van der Waals surface area contributed by atoms with Gasteiger partial charge in [0.15, 0.2) is 0 Å². The van der Waals surface area contributed by atoms with Crippen LogP contribution in [0.2, 0.25) is 0 Å². The van der Waals surface area contributed by atoms with Gasteiger partial charge in [-0.1, -0.05) is 0 Å². The Bertz CT molecular complexity index is 600. The topological polar surface area (TPSA) is 49.3 Å². The Morgan fingerprint density at radius 2 is 2.11 bits per heavy atom. The van der Waals surface area contributed by atoms with Crippen LogP contribution in [0.4, 0.5) is 13.2 Å². The maximum absolute atomic E-state index is 13.0. The predicted molar refractivity (Wildman–Crippen MR) is 66.1 cm³/mol. The van der Waals surface area contributed by atoms with Crippen molar-refractivity contribution in [2.24, 2.45) is 0 Å². The third-order valence-corrected chi connectivity index (χ3v) is 3.58. The fraction of sp³-hybridized carbons (Fsp3) is 0.250. The van der Waals surface area contributed by atoms with E-state index in [4.69, 9.17) is 5.11 Å². The Labute approximate surface area is 110 Å². The van der Waals surface area contributed by atoms with Crippen LogP contribution in [0.1, 0.15) is 9.67 Å². The number of halogens is 3. The van der Waals surface area contributed by atoms with Crippen LogP contribution in [0.15, 0.2) is 24.3 Å². The molecule has 1 atom stereocenters. The zero-order chi connectivity index (χ0) is 14.0. The molecule has 1 heterocycles. The zero-order valence-electron chi connectivity index (χ0n) is 9.57. The molecule has 2 N–H and O–H groups in total. The first-order valence-electron chi connectivity index (χ1n) is 5.41. The van der Waals surface area contributed by atoms with Gasteiger partial charge in [-0.25, -0.2) is 13.2 Å². The molecule has 2 aromatic rings. The van der Waals surface area contributed by atoms with Crippen LogP contribution in [0.3, 0.4) is 0 Å². The van der Waals surface area contributed by atoms with E-state index >= 15 is 0 Å². The number of thiophene rings is 1. The summed E-state index contributed by atoms with van der Waals surface area (Å²) in [7, 11) is 0. The molecule has 1 amide bonds. The minimum atomic E-state index is -2.91. The summed E-state index contributed by atoms with van der Waals surface area (Å²) in [6.45, 7) is -0.529. The van der Waals surface area contributed by atoms with Crippen molar-refractivity contribution >= 4 is 27.3 Å². The van der Waals surface area contributed by atoms with Crippen LogP contribution in [0.5, 0.6) is 0 Å². The number of aliphatic hydroxyl groups excluding tert-OH is 1. The molecule has 0 spiro atoms. The Kier molecular flexibility index (Phi) is 4.06. The van der Waals surface area contributed by atoms with Crippen LogP contribution in [-0.2, 0) is 0 Å². The molecular formula is C12H10F3NO2S. The van der Waals surface area contributed by atoms with Crippen LogP contribution >= 0.6 is 11.3 Å². The Hall–Kier alpha value is -1.60. The smallest absolute Gasteiger partial charge is 0.265 e. The van der Waals surface area contributed by atoms with Gasteiger partial charge in [-0.2, -0.15) is 0 Å². The van der Waals surface area contributed by atoms with Crippen molar-refractivity contribution in [2.75, 3.05) is 6.54 Å². The summed E-state index contributed by atoms with van der Waals surface area (Å²) in [5.41, 5.74) is 0. The highest BCUT2D eigenvalue weighted by atomic mass is 32.1. The van der Waals surface area contributed by atoms with Gasteiger partial charge in [-0.3, -0.25) is 4.79 Å². The molecule has 2 rings (SSSR count). The number of hydrogen-bond donors (Lipinski definition) is 2. The number of nitrogens with one attached hydrogen (secondary N) is 1. The van der Waals surface area contributed by atoms with Gasteiger partial charge in [-0.15, -0.1) is 11.3 Å². The molecule has 0 aliphatic carbocycles. The molecule has 1 aromatic carbocycles. The standard InChI is InChI=1S/C12H10F3NO2S/c13-7-1-2-9-6(3-7)4-10(19-9)12(18)16-5-8(17)11(14)15/h1-4,8,11,17H,5H2,(H,16,18). The first-order chi connectivity index (χ1) is 8.97. The average molecular weight is 289 g/mol. The van der Waals surface area contributed by atoms with E-state index in [1.54, 1.807) is 6.07 Å². The predicted octanol–water partition coefficient (Wildman–Crippen LogP) is 2.40. The second-order valence-corrected chi connectivity index (χ2v) is 4.99. The molecule has 3 nitrogen and oxygen atoms in total. The minimum Gasteiger partial charge on any atom is -0.385 e. The van der Waals surface area contributed by atoms with Crippen molar-refractivity contribution in [3.05, 3.63) is 35.0 Å². The van der Waals surface area contributed by atoms with Gasteiger partial charge in [0, 0.05) is 11.2 Å². The van der Waals surface area contributed by atoms with E-state index in [1.807, 2.05) is 0 Å². The largest absolute Gasteiger partial charge is 0.385 e. The molecular weight excluding hydrogens is 279 g/mol. The lowest BCUT2D eigenvalue weighted by Gasteiger charge is -2.09. The molecule has 102 valence electrons. The maximum Gasteiger partial charge on any atom is 0.265 e. The lowest BCUT2D eigenvalue weighted by Crippen LogP contribution is -2.35. The number of hydrogen-bond acceptors (Lipinski definition) is 3. The number of rotatable bonds is 4. The van der Waals surface area contributed by atoms with Gasteiger partial charge < -0.3 is 10.4 Å². The number of carbonyl (C=O) groups excluding carboxylic acids is 1. The highest BCUT2D eigenvalue weighted by Gasteiger charge is 2.18. The number of alkyl halides is 2. The van der Waals surface area contributed by atoms with Crippen molar-refractivity contribution < 1.29 is 23.1 Å². The van der Waals surface area contributed by atoms with Crippen molar-refractivity contribution in [1.82, 2.24) is 5.32 Å². The first-order valence-corrected chi connectivity index (χ1v) is 6.22. The normalized spacial score (nSPS) is 12.9. The number of amides is 1. The van der Waals surface area contributed by atoms with Crippen molar-refractivity contribution in [2.45, 2.75) is 12.5 Å². The third-order valence-electron chi connectivity index (χ3n) is 2.46. The summed E-state index contributed by atoms with van der Waals surface area (Å²) in [6, 6.07) is 5.59. The Morgan fingerprint density at radius 3 is 2.79 bits per heavy atom. The van der Waals surface area contributed by atoms with Crippen LogP contribution in [0, 0.1) is 5.82 Å². The highest BCUT2D eigenvalue weighted by molar-refractivity contribution is 7.20. The molecule has 0 saturated heterocycles. The van der Waals surface area contributed by atoms with Gasteiger partial charge in [-0.05, 0) is 29.7 Å². The second-order valence-electron chi connectivity index (χ2n) is 3.90. The van der Waals surface area contributed by atoms with E-state index in [9.17, 15) is 18.0 Å². The van der Waals surface area contributed by atoms with E-state index in [0.717, 1.165) is 16.0 Å². The fourth-order valence-electron chi connectivity index (χ4n) is 1.50. The molecule has 7 heteroatoms. The van der Waals surface area contributed by atoms with E-state index in [0.29, 0.717) is 5.39 Å². The summed E-state index contributed by atoms with van der Waals surface area (Å²) in [5.74, 6) is -0.980. The Morgan fingerprint density at radius 1 is 1.37 bits per heavy atom. The summed E-state index contributed by atoms with van der Waals surface area (Å²) in [6.07, 6.45) is -4.80. The van der Waals surface area contributed by atoms with Crippen LogP contribution in [0.25, 0.3) is 10.1 Å². The molecule has 19 heavy (non-hydrogen) atoms. The molecule has 0 aliphatic heterocycles. The molecule has 0 fully saturated rings. The minimum absolute atomic E-state index is 0.280. The number of carbonyl (C=O) groups is 1. The van der Waals surface area contributed by atoms with E-state index < -0.39 is 30.8 Å². The SMILES string of the molecule is O=C(NCC(O)C(F)F)c1cc2cc(F)ccc2s1. The van der Waals surface area contributed by atoms with Crippen molar-refractivity contribution in [1.29, 1.82) is 0 Å². The monoisotopic (exact) mass is 289 g/mol. The number of benzene rings is 1. The summed E-state index contributed by atoms with van der Waals surface area (Å²) in [4.78, 5) is 12.0.